The highest BCUT2D eigenvalue weighted by Gasteiger charge is 2.29. The van der Waals surface area contributed by atoms with Crippen molar-refractivity contribution in [2.24, 2.45) is 5.92 Å². The zero-order valence-corrected chi connectivity index (χ0v) is 20.3. The highest BCUT2D eigenvalue weighted by molar-refractivity contribution is 7.13. The van der Waals surface area contributed by atoms with Crippen LogP contribution in [0.15, 0.2) is 54.7 Å². The maximum absolute atomic E-state index is 12.5. The third kappa shape index (κ3) is 5.35. The van der Waals surface area contributed by atoms with E-state index in [4.69, 9.17) is 4.74 Å². The van der Waals surface area contributed by atoms with Crippen LogP contribution in [0, 0.1) is 5.92 Å². The van der Waals surface area contributed by atoms with Crippen molar-refractivity contribution in [3.8, 4) is 11.1 Å². The molecule has 0 unspecified atom stereocenters. The predicted molar refractivity (Wildman–Crippen MR) is 132 cm³/mol. The molecule has 3 N–H and O–H groups in total. The van der Waals surface area contributed by atoms with Gasteiger partial charge < -0.3 is 20.5 Å². The highest BCUT2D eigenvalue weighted by Crippen LogP contribution is 2.44. The van der Waals surface area contributed by atoms with Gasteiger partial charge in [0.25, 0.3) is 5.91 Å². The average molecular weight is 494 g/mol. The summed E-state index contributed by atoms with van der Waals surface area (Å²) in [6, 6.07) is 15.3. The molecular weight excluding hydrogens is 466 g/mol. The summed E-state index contributed by atoms with van der Waals surface area (Å²) >= 11 is 1.09. The van der Waals surface area contributed by atoms with Gasteiger partial charge in [-0.2, -0.15) is 0 Å². The molecule has 0 saturated carbocycles. The number of carbonyl (C=O) groups is 3. The molecule has 2 amide bonds. The van der Waals surface area contributed by atoms with Crippen LogP contribution >= 0.6 is 11.3 Å². The fourth-order valence-corrected chi connectivity index (χ4v) is 4.95. The van der Waals surface area contributed by atoms with E-state index in [1.54, 1.807) is 6.92 Å². The molecule has 0 bridgehead atoms. The third-order valence-corrected chi connectivity index (χ3v) is 7.27. The Balaban J connectivity index is 1.31. The summed E-state index contributed by atoms with van der Waals surface area (Å²) in [5, 5.41) is 15.1. The maximum Gasteiger partial charge on any atom is 0.407 e. The fraction of sp³-hybridized carbons (Fsp3) is 0.308. The molecule has 2 aromatic carbocycles. The topological polar surface area (TPSA) is 118 Å². The lowest BCUT2D eigenvalue weighted by atomic mass is 9.98. The molecule has 1 aromatic heterocycles. The SMILES string of the molecule is CC[C@H](C)[C@H](NC(=O)c1cnc(CNC(=O)OCC2c3ccccc3-c3ccccc32)s1)C(=O)O. The van der Waals surface area contributed by atoms with Gasteiger partial charge in [0.05, 0.1) is 12.7 Å². The van der Waals surface area contributed by atoms with Gasteiger partial charge in [-0.05, 0) is 28.2 Å². The first-order valence-corrected chi connectivity index (χ1v) is 12.3. The van der Waals surface area contributed by atoms with E-state index in [0.29, 0.717) is 11.4 Å². The Morgan fingerprint density at radius 2 is 1.71 bits per heavy atom. The summed E-state index contributed by atoms with van der Waals surface area (Å²) in [6.07, 6.45) is 1.43. The molecule has 4 rings (SSSR count). The molecule has 0 aliphatic heterocycles. The van der Waals surface area contributed by atoms with E-state index >= 15 is 0 Å². The molecular formula is C26H27N3O5S. The molecule has 35 heavy (non-hydrogen) atoms. The number of carboxylic acid groups (broad SMARTS) is 1. The van der Waals surface area contributed by atoms with Crippen molar-refractivity contribution in [2.75, 3.05) is 6.61 Å². The lowest BCUT2D eigenvalue weighted by Crippen LogP contribution is -2.44. The van der Waals surface area contributed by atoms with Gasteiger partial charge in [0.1, 0.15) is 22.5 Å². The van der Waals surface area contributed by atoms with E-state index in [9.17, 15) is 19.5 Å². The molecule has 1 aliphatic rings. The Morgan fingerprint density at radius 3 is 2.31 bits per heavy atom. The number of carboxylic acids is 1. The van der Waals surface area contributed by atoms with Crippen molar-refractivity contribution in [1.29, 1.82) is 0 Å². The summed E-state index contributed by atoms with van der Waals surface area (Å²) in [7, 11) is 0. The van der Waals surface area contributed by atoms with Gasteiger partial charge in [-0.15, -0.1) is 11.3 Å². The lowest BCUT2D eigenvalue weighted by molar-refractivity contribution is -0.140. The Kier molecular flexibility index (Phi) is 7.45. The van der Waals surface area contributed by atoms with Crippen molar-refractivity contribution >= 4 is 29.3 Å². The Morgan fingerprint density at radius 1 is 1.09 bits per heavy atom. The zero-order valence-electron chi connectivity index (χ0n) is 19.5. The number of benzene rings is 2. The first kappa shape index (κ1) is 24.4. The minimum Gasteiger partial charge on any atom is -0.480 e. The van der Waals surface area contributed by atoms with E-state index < -0.39 is 24.0 Å². The van der Waals surface area contributed by atoms with Gasteiger partial charge in [-0.25, -0.2) is 14.6 Å². The first-order chi connectivity index (χ1) is 16.9. The van der Waals surface area contributed by atoms with E-state index in [-0.39, 0.29) is 29.9 Å². The van der Waals surface area contributed by atoms with E-state index in [1.165, 1.54) is 6.20 Å². The largest absolute Gasteiger partial charge is 0.480 e. The number of hydrogen-bond acceptors (Lipinski definition) is 6. The summed E-state index contributed by atoms with van der Waals surface area (Å²) < 4.78 is 5.52. The number of nitrogens with zero attached hydrogens (tertiary/aromatic N) is 1. The number of aromatic nitrogens is 1. The van der Waals surface area contributed by atoms with E-state index in [0.717, 1.165) is 33.6 Å². The molecule has 0 saturated heterocycles. The second-order valence-electron chi connectivity index (χ2n) is 8.47. The standard InChI is InChI=1S/C26H27N3O5S/c1-3-15(2)23(25(31)32)29-24(30)21-12-27-22(35-21)13-28-26(33)34-14-20-18-10-6-4-8-16(18)17-9-5-7-11-19(17)20/h4-12,15,20,23H,3,13-14H2,1-2H3,(H,28,33)(H,29,30)(H,31,32)/t15-,23-/m0/s1. The molecule has 1 heterocycles. The Labute approximate surface area is 207 Å². The zero-order chi connectivity index (χ0) is 24.9. The number of amides is 2. The molecule has 0 radical (unpaired) electrons. The number of carbonyl (C=O) groups excluding carboxylic acids is 2. The first-order valence-electron chi connectivity index (χ1n) is 11.5. The minimum atomic E-state index is -1.07. The number of nitrogens with one attached hydrogen (secondary N) is 2. The highest BCUT2D eigenvalue weighted by atomic mass is 32.1. The number of fused-ring (bicyclic) bond motifs is 3. The molecule has 182 valence electrons. The van der Waals surface area contributed by atoms with E-state index in [1.807, 2.05) is 31.2 Å². The van der Waals surface area contributed by atoms with Crippen LogP contribution in [-0.2, 0) is 16.1 Å². The number of ether oxygens (including phenoxy) is 1. The second-order valence-corrected chi connectivity index (χ2v) is 9.59. The molecule has 8 nitrogen and oxygen atoms in total. The monoisotopic (exact) mass is 493 g/mol. The van der Waals surface area contributed by atoms with Crippen LogP contribution in [0.1, 0.15) is 52.0 Å². The van der Waals surface area contributed by atoms with Crippen LogP contribution in [0.3, 0.4) is 0 Å². The second kappa shape index (κ2) is 10.7. The maximum atomic E-state index is 12.5. The fourth-order valence-electron chi connectivity index (χ4n) is 4.19. The number of rotatable bonds is 9. The summed E-state index contributed by atoms with van der Waals surface area (Å²) in [5.74, 6) is -1.81. The minimum absolute atomic E-state index is 0.0315. The molecule has 0 spiro atoms. The van der Waals surface area contributed by atoms with Gasteiger partial charge in [-0.3, -0.25) is 4.79 Å². The number of thiazole rings is 1. The number of hydrogen-bond donors (Lipinski definition) is 3. The van der Waals surface area contributed by atoms with Crippen molar-refractivity contribution in [1.82, 2.24) is 15.6 Å². The number of alkyl carbamates (subject to hydrolysis) is 1. The number of aliphatic carboxylic acids is 1. The molecule has 2 atom stereocenters. The average Bonchev–Trinajstić information content (AvgIpc) is 3.47. The van der Waals surface area contributed by atoms with Crippen molar-refractivity contribution in [3.63, 3.8) is 0 Å². The van der Waals surface area contributed by atoms with Crippen LogP contribution in [0.5, 0.6) is 0 Å². The normalized spacial score (nSPS) is 13.9. The molecule has 9 heteroatoms. The molecule has 3 aromatic rings. The Hall–Kier alpha value is -3.72. The van der Waals surface area contributed by atoms with Crippen molar-refractivity contribution < 1.29 is 24.2 Å². The van der Waals surface area contributed by atoms with Gasteiger partial charge in [0, 0.05) is 5.92 Å². The molecule has 1 aliphatic carbocycles. The summed E-state index contributed by atoms with van der Waals surface area (Å²) in [6.45, 7) is 3.95. The van der Waals surface area contributed by atoms with Crippen LogP contribution < -0.4 is 10.6 Å². The van der Waals surface area contributed by atoms with Crippen LogP contribution in [0.4, 0.5) is 4.79 Å². The van der Waals surface area contributed by atoms with Crippen molar-refractivity contribution in [3.05, 3.63) is 75.7 Å². The third-order valence-electron chi connectivity index (χ3n) is 6.27. The van der Waals surface area contributed by atoms with Crippen molar-refractivity contribution in [2.45, 2.75) is 38.8 Å². The lowest BCUT2D eigenvalue weighted by Gasteiger charge is -2.19. The Bertz CT molecular complexity index is 1200. The van der Waals surface area contributed by atoms with Gasteiger partial charge in [0.15, 0.2) is 0 Å². The molecule has 0 fully saturated rings. The van der Waals surface area contributed by atoms with Gasteiger partial charge >= 0.3 is 12.1 Å². The van der Waals surface area contributed by atoms with Gasteiger partial charge in [0.2, 0.25) is 0 Å². The quantitative estimate of drug-likeness (QED) is 0.406. The summed E-state index contributed by atoms with van der Waals surface area (Å²) in [4.78, 5) is 40.7. The smallest absolute Gasteiger partial charge is 0.407 e. The van der Waals surface area contributed by atoms with E-state index in [2.05, 4.69) is 39.9 Å². The van der Waals surface area contributed by atoms with Gasteiger partial charge in [-0.1, -0.05) is 68.8 Å². The van der Waals surface area contributed by atoms with Crippen LogP contribution in [0.25, 0.3) is 11.1 Å². The predicted octanol–water partition coefficient (Wildman–Crippen LogP) is 4.41. The van der Waals surface area contributed by atoms with Crippen LogP contribution in [-0.4, -0.2) is 40.7 Å². The van der Waals surface area contributed by atoms with Crippen LogP contribution in [0.2, 0.25) is 0 Å². The summed E-state index contributed by atoms with van der Waals surface area (Å²) in [5.41, 5.74) is 4.58.